The molecule has 0 radical (unpaired) electrons. The van der Waals surface area contributed by atoms with Crippen LogP contribution in [0.5, 0.6) is 0 Å². The van der Waals surface area contributed by atoms with Crippen molar-refractivity contribution in [1.82, 2.24) is 0 Å². The summed E-state index contributed by atoms with van der Waals surface area (Å²) in [5.74, 6) is 0. The van der Waals surface area contributed by atoms with Gasteiger partial charge in [0, 0.05) is 0 Å². The van der Waals surface area contributed by atoms with Gasteiger partial charge in [0.1, 0.15) is 0 Å². The summed E-state index contributed by atoms with van der Waals surface area (Å²) in [5, 5.41) is 0. The Morgan fingerprint density at radius 1 is 0.482 bits per heavy atom. The second-order valence-electron chi connectivity index (χ2n) is 22.7. The second-order valence-corrected chi connectivity index (χ2v) is 39.9. The Kier molecular flexibility index (Phi) is 10.3. The zero-order valence-electron chi connectivity index (χ0n) is 38.1. The van der Waals surface area contributed by atoms with Crippen molar-refractivity contribution < 1.29 is 20.0 Å². The van der Waals surface area contributed by atoms with Crippen LogP contribution in [0.3, 0.4) is 0 Å². The molecule has 1 heterocycles. The summed E-state index contributed by atoms with van der Waals surface area (Å²) in [6.07, 6.45) is 10.4. The first-order chi connectivity index (χ1) is 25.9. The van der Waals surface area contributed by atoms with E-state index in [1.807, 2.05) is 0 Å². The van der Waals surface area contributed by atoms with E-state index in [0.29, 0.717) is 7.35 Å². The van der Waals surface area contributed by atoms with Gasteiger partial charge < -0.3 is 0 Å². The number of hydrogen-bond acceptors (Lipinski definition) is 0. The maximum atomic E-state index is 2.82. The molecule has 4 aromatic carbocycles. The van der Waals surface area contributed by atoms with Crippen LogP contribution in [0.25, 0.3) is 34.4 Å². The molecular formula is C55H72Hf. The molecule has 1 saturated heterocycles. The predicted molar refractivity (Wildman–Crippen MR) is 244 cm³/mol. The molecule has 7 rings (SSSR count). The van der Waals surface area contributed by atoms with Crippen molar-refractivity contribution in [3.8, 4) is 22.3 Å². The monoisotopic (exact) mass is 913 g/mol. The van der Waals surface area contributed by atoms with E-state index in [0.717, 1.165) is 0 Å². The van der Waals surface area contributed by atoms with Gasteiger partial charge in [0.25, 0.3) is 0 Å². The normalized spacial score (nSPS) is 19.9. The van der Waals surface area contributed by atoms with Crippen LogP contribution in [0.1, 0.15) is 174 Å². The molecule has 0 amide bonds. The van der Waals surface area contributed by atoms with Crippen LogP contribution in [-0.2, 0) is 41.6 Å². The topological polar surface area (TPSA) is 0 Å². The van der Waals surface area contributed by atoms with Crippen molar-refractivity contribution in [2.45, 2.75) is 161 Å². The van der Waals surface area contributed by atoms with E-state index in [2.05, 4.69) is 191 Å². The molecule has 296 valence electrons. The van der Waals surface area contributed by atoms with Gasteiger partial charge in [-0.1, -0.05) is 0 Å². The molecule has 1 aliphatic heterocycles. The summed E-state index contributed by atoms with van der Waals surface area (Å²) < 4.78 is 6.81. The fraction of sp³-hybridized carbons (Fsp3) is 0.491. The summed E-state index contributed by atoms with van der Waals surface area (Å²) in [6, 6.07) is 29.8. The minimum atomic E-state index is -3.27. The maximum absolute atomic E-state index is 3.27. The minimum absolute atomic E-state index is 0.0780. The Labute approximate surface area is 347 Å². The van der Waals surface area contributed by atoms with Crippen molar-refractivity contribution in [2.24, 2.45) is 5.41 Å². The predicted octanol–water partition coefficient (Wildman–Crippen LogP) is 16.6. The van der Waals surface area contributed by atoms with E-state index in [1.54, 1.807) is 22.3 Å². The van der Waals surface area contributed by atoms with Gasteiger partial charge in [-0.3, -0.25) is 0 Å². The van der Waals surface area contributed by atoms with E-state index in [9.17, 15) is 0 Å². The average Bonchev–Trinajstić information content (AvgIpc) is 3.71. The van der Waals surface area contributed by atoms with E-state index in [1.165, 1.54) is 81.3 Å². The number of benzene rings is 4. The first-order valence-electron chi connectivity index (χ1n) is 22.0. The third-order valence-corrected chi connectivity index (χ3v) is 29.2. The molecule has 2 unspecified atom stereocenters. The van der Waals surface area contributed by atoms with Crippen molar-refractivity contribution in [3.63, 3.8) is 0 Å². The van der Waals surface area contributed by atoms with Gasteiger partial charge in [0.15, 0.2) is 0 Å². The van der Waals surface area contributed by atoms with Crippen LogP contribution in [0, 0.1) is 5.41 Å². The first kappa shape index (κ1) is 41.4. The molecule has 1 heteroatoms. The van der Waals surface area contributed by atoms with Crippen LogP contribution in [0.15, 0.2) is 83.9 Å². The van der Waals surface area contributed by atoms with E-state index in [4.69, 9.17) is 0 Å². The summed E-state index contributed by atoms with van der Waals surface area (Å²) in [5.41, 5.74) is 21.6. The molecule has 2 aliphatic carbocycles. The van der Waals surface area contributed by atoms with Gasteiger partial charge in [-0.05, 0) is 0 Å². The van der Waals surface area contributed by atoms with E-state index in [-0.39, 0.29) is 27.1 Å². The van der Waals surface area contributed by atoms with Gasteiger partial charge in [0.05, 0.1) is 0 Å². The Bertz CT molecular complexity index is 2020. The number of allylic oxidation sites excluding steroid dienone is 2. The molecule has 56 heavy (non-hydrogen) atoms. The SMILES string of the molecule is CCCC1(CCC)C2=Cc3c(-c4cc(C(C)(C)C)cc(C(C)(C)C)c4)cccc3[CH]2[Hf]([CH3])([CH3])[CH]2C1=Cc1c(-c3cc(C(C)(C)C)cc(C(C)(C)C)c3)cccc12. The van der Waals surface area contributed by atoms with Crippen molar-refractivity contribution in [2.75, 3.05) is 0 Å². The molecule has 0 nitrogen and oxygen atoms in total. The summed E-state index contributed by atoms with van der Waals surface area (Å²) in [6.45, 7) is 33.3. The Morgan fingerprint density at radius 2 is 0.804 bits per heavy atom. The molecule has 1 fully saturated rings. The number of rotatable bonds is 6. The zero-order chi connectivity index (χ0) is 41.0. The van der Waals surface area contributed by atoms with Gasteiger partial charge in [-0.2, -0.15) is 0 Å². The van der Waals surface area contributed by atoms with Gasteiger partial charge in [-0.25, -0.2) is 0 Å². The van der Waals surface area contributed by atoms with Crippen LogP contribution in [0.2, 0.25) is 9.36 Å². The molecule has 3 aliphatic rings. The van der Waals surface area contributed by atoms with Crippen molar-refractivity contribution in [1.29, 1.82) is 0 Å². The van der Waals surface area contributed by atoms with Gasteiger partial charge >= 0.3 is 349 Å². The second kappa shape index (κ2) is 13.9. The molecule has 0 bridgehead atoms. The fourth-order valence-corrected chi connectivity index (χ4v) is 28.0. The van der Waals surface area contributed by atoms with Crippen molar-refractivity contribution >= 4 is 12.2 Å². The van der Waals surface area contributed by atoms with Crippen LogP contribution in [-0.4, -0.2) is 0 Å². The summed E-state index contributed by atoms with van der Waals surface area (Å²) in [4.78, 5) is 0. The summed E-state index contributed by atoms with van der Waals surface area (Å²) >= 11 is -3.27. The standard InChI is InChI=1S/C53H66.2CH3.Hf/c1-15-23-53(24-16-2,43-25-35-19-17-21-45(47(35)33-43)37-27-39(49(3,4)5)31-40(28-37)50(6,7)8)44-26-36-20-18-22-46(48(36)34-44)38-29-41(51(9,10)11)32-42(30-38)52(12,13)14;;;/h17-22,25-34H,15-16,23-24H2,1-14H3;2*1H3;. The molecule has 2 atom stereocenters. The summed E-state index contributed by atoms with van der Waals surface area (Å²) in [7, 11) is 0. The molecule has 0 aromatic heterocycles. The third-order valence-electron chi connectivity index (χ3n) is 14.0. The fourth-order valence-electron chi connectivity index (χ4n) is 10.9. The Hall–Kier alpha value is -2.77. The molecule has 0 spiro atoms. The van der Waals surface area contributed by atoms with Gasteiger partial charge in [-0.15, -0.1) is 0 Å². The first-order valence-corrected chi connectivity index (χ1v) is 33.3. The van der Waals surface area contributed by atoms with Crippen LogP contribution >= 0.6 is 0 Å². The Morgan fingerprint density at radius 3 is 1.09 bits per heavy atom. The number of fused-ring (bicyclic) bond motifs is 6. The Balaban J connectivity index is 1.47. The quantitative estimate of drug-likeness (QED) is 0.169. The average molecular weight is 912 g/mol. The third kappa shape index (κ3) is 6.86. The van der Waals surface area contributed by atoms with Gasteiger partial charge in [0.2, 0.25) is 0 Å². The van der Waals surface area contributed by atoms with E-state index < -0.39 is 20.0 Å². The number of hydrogen-bond donors (Lipinski definition) is 0. The molecule has 4 aromatic rings. The van der Waals surface area contributed by atoms with Crippen molar-refractivity contribution in [3.05, 3.63) is 128 Å². The molecule has 0 N–H and O–H groups in total. The zero-order valence-corrected chi connectivity index (χ0v) is 41.7. The van der Waals surface area contributed by atoms with Crippen LogP contribution < -0.4 is 0 Å². The molecule has 0 saturated carbocycles. The molecular weight excluding hydrogens is 839 g/mol. The van der Waals surface area contributed by atoms with E-state index >= 15 is 0 Å². The van der Waals surface area contributed by atoms with Crippen LogP contribution in [0.4, 0.5) is 0 Å².